The van der Waals surface area contributed by atoms with Crippen molar-refractivity contribution in [1.29, 1.82) is 5.26 Å². The molecule has 0 radical (unpaired) electrons. The molecule has 2 aromatic heterocycles. The van der Waals surface area contributed by atoms with E-state index in [2.05, 4.69) is 34.7 Å². The van der Waals surface area contributed by atoms with E-state index in [-0.39, 0.29) is 6.04 Å². The third-order valence-corrected chi connectivity index (χ3v) is 3.75. The summed E-state index contributed by atoms with van der Waals surface area (Å²) in [5, 5.41) is 14.5. The number of rotatable bonds is 4. The molecule has 0 aliphatic heterocycles. The summed E-state index contributed by atoms with van der Waals surface area (Å²) in [4.78, 5) is 5.68. The van der Waals surface area contributed by atoms with Crippen molar-refractivity contribution in [2.45, 2.75) is 26.3 Å². The fourth-order valence-electron chi connectivity index (χ4n) is 1.79. The van der Waals surface area contributed by atoms with Crippen molar-refractivity contribution < 1.29 is 0 Å². The van der Waals surface area contributed by atoms with Crippen molar-refractivity contribution in [3.63, 3.8) is 0 Å². The van der Waals surface area contributed by atoms with Crippen molar-refractivity contribution in [3.05, 3.63) is 45.8 Å². The van der Waals surface area contributed by atoms with Crippen molar-refractivity contribution in [2.24, 2.45) is 0 Å². The number of nitrogens with one attached hydrogen (secondary N) is 1. The number of aromatic nitrogens is 1. The van der Waals surface area contributed by atoms with Crippen molar-refractivity contribution in [3.8, 4) is 6.07 Å². The van der Waals surface area contributed by atoms with Gasteiger partial charge in [0.15, 0.2) is 0 Å². The lowest BCUT2D eigenvalue weighted by atomic mass is 10.1. The Labute approximate surface area is 111 Å². The van der Waals surface area contributed by atoms with E-state index < -0.39 is 0 Å². The number of aryl methyl sites for hydroxylation is 1. The molecule has 0 amide bonds. The number of anilines is 1. The van der Waals surface area contributed by atoms with Gasteiger partial charge < -0.3 is 5.32 Å². The van der Waals surface area contributed by atoms with E-state index >= 15 is 0 Å². The van der Waals surface area contributed by atoms with Crippen LogP contribution in [-0.2, 0) is 0 Å². The molecule has 1 atom stereocenters. The maximum Gasteiger partial charge on any atom is 0.144 e. The van der Waals surface area contributed by atoms with Crippen LogP contribution in [0.1, 0.15) is 35.5 Å². The second-order valence-electron chi connectivity index (χ2n) is 4.08. The summed E-state index contributed by atoms with van der Waals surface area (Å²) in [6.45, 7) is 4.05. The molecule has 0 bridgehead atoms. The van der Waals surface area contributed by atoms with E-state index in [1.807, 2.05) is 25.1 Å². The van der Waals surface area contributed by atoms with Crippen LogP contribution in [0, 0.1) is 18.3 Å². The Morgan fingerprint density at radius 2 is 2.28 bits per heavy atom. The average Bonchev–Trinajstić information content (AvgIpc) is 2.90. The molecule has 92 valence electrons. The smallest absolute Gasteiger partial charge is 0.144 e. The summed E-state index contributed by atoms with van der Waals surface area (Å²) in [6, 6.07) is 10.2. The Balaban J connectivity index is 2.27. The van der Waals surface area contributed by atoms with Gasteiger partial charge in [0.2, 0.25) is 0 Å². The highest BCUT2D eigenvalue weighted by Gasteiger charge is 2.13. The van der Waals surface area contributed by atoms with Crippen LogP contribution in [-0.4, -0.2) is 4.98 Å². The summed E-state index contributed by atoms with van der Waals surface area (Å²) < 4.78 is 0. The molecule has 0 aliphatic carbocycles. The Morgan fingerprint density at radius 3 is 2.89 bits per heavy atom. The lowest BCUT2D eigenvalue weighted by molar-refractivity contribution is 0.757. The van der Waals surface area contributed by atoms with Gasteiger partial charge in [-0.3, -0.25) is 0 Å². The molecule has 18 heavy (non-hydrogen) atoms. The fraction of sp³-hybridized carbons (Fsp3) is 0.286. The maximum absolute atomic E-state index is 9.10. The number of pyridine rings is 1. The molecule has 1 unspecified atom stereocenters. The van der Waals surface area contributed by atoms with Crippen LogP contribution in [0.2, 0.25) is 0 Å². The number of hydrogen-bond donors (Lipinski definition) is 1. The van der Waals surface area contributed by atoms with Gasteiger partial charge in [-0.25, -0.2) is 4.98 Å². The minimum Gasteiger partial charge on any atom is -0.361 e. The van der Waals surface area contributed by atoms with Crippen LogP contribution in [0.3, 0.4) is 0 Å². The predicted octanol–water partition coefficient (Wildman–Crippen LogP) is 3.89. The Kier molecular flexibility index (Phi) is 3.96. The van der Waals surface area contributed by atoms with Gasteiger partial charge in [0, 0.05) is 10.6 Å². The van der Waals surface area contributed by atoms with Crippen molar-refractivity contribution in [1.82, 2.24) is 4.98 Å². The first-order valence-corrected chi connectivity index (χ1v) is 6.80. The largest absolute Gasteiger partial charge is 0.361 e. The van der Waals surface area contributed by atoms with Gasteiger partial charge in [-0.15, -0.1) is 11.3 Å². The van der Waals surface area contributed by atoms with E-state index in [9.17, 15) is 0 Å². The van der Waals surface area contributed by atoms with Crippen LogP contribution in [0.15, 0.2) is 29.6 Å². The summed E-state index contributed by atoms with van der Waals surface area (Å²) in [6.07, 6.45) is 0.959. The van der Waals surface area contributed by atoms with Gasteiger partial charge in [-0.1, -0.05) is 13.0 Å². The van der Waals surface area contributed by atoms with Crippen molar-refractivity contribution in [2.75, 3.05) is 5.32 Å². The highest BCUT2D eigenvalue weighted by atomic mass is 32.1. The monoisotopic (exact) mass is 257 g/mol. The molecule has 0 aromatic carbocycles. The first-order valence-electron chi connectivity index (χ1n) is 5.92. The third kappa shape index (κ3) is 2.69. The van der Waals surface area contributed by atoms with Gasteiger partial charge in [0.05, 0.1) is 11.6 Å². The van der Waals surface area contributed by atoms with Crippen LogP contribution in [0.5, 0.6) is 0 Å². The molecule has 0 aliphatic rings. The molecule has 2 heterocycles. The van der Waals surface area contributed by atoms with E-state index in [1.165, 1.54) is 4.88 Å². The Hall–Kier alpha value is -1.86. The lowest BCUT2D eigenvalue weighted by Gasteiger charge is -2.17. The molecule has 0 saturated carbocycles. The summed E-state index contributed by atoms with van der Waals surface area (Å²) in [7, 11) is 0. The minimum absolute atomic E-state index is 0.214. The predicted molar refractivity (Wildman–Crippen MR) is 74.7 cm³/mol. The van der Waals surface area contributed by atoms with Crippen LogP contribution in [0.25, 0.3) is 0 Å². The molecule has 0 saturated heterocycles. The van der Waals surface area contributed by atoms with Crippen molar-refractivity contribution >= 4 is 17.2 Å². The molecule has 2 aromatic rings. The zero-order valence-corrected chi connectivity index (χ0v) is 11.3. The molecule has 0 spiro atoms. The SMILES string of the molecule is CCC(Nc1nc(C)ccc1C#N)c1cccs1. The molecule has 2 rings (SSSR count). The van der Waals surface area contributed by atoms with Gasteiger partial charge in [0.1, 0.15) is 11.9 Å². The Bertz CT molecular complexity index is 555. The first-order chi connectivity index (χ1) is 8.74. The molecule has 4 heteroatoms. The second-order valence-corrected chi connectivity index (χ2v) is 5.06. The zero-order valence-electron chi connectivity index (χ0n) is 10.5. The number of hydrogen-bond acceptors (Lipinski definition) is 4. The fourth-order valence-corrected chi connectivity index (χ4v) is 2.65. The number of thiophene rings is 1. The zero-order chi connectivity index (χ0) is 13.0. The molecule has 3 nitrogen and oxygen atoms in total. The van der Waals surface area contributed by atoms with Gasteiger partial charge in [-0.05, 0) is 36.9 Å². The van der Waals surface area contributed by atoms with Gasteiger partial charge >= 0.3 is 0 Å². The molecular weight excluding hydrogens is 242 g/mol. The van der Waals surface area contributed by atoms with E-state index in [1.54, 1.807) is 11.3 Å². The molecule has 1 N–H and O–H groups in total. The summed E-state index contributed by atoms with van der Waals surface area (Å²) in [5.74, 6) is 0.678. The normalized spacial score (nSPS) is 11.8. The molecule has 0 fully saturated rings. The van der Waals surface area contributed by atoms with E-state index in [0.717, 1.165) is 12.1 Å². The number of nitriles is 1. The molecular formula is C14H15N3S. The van der Waals surface area contributed by atoms with Gasteiger partial charge in [0.25, 0.3) is 0 Å². The second kappa shape index (κ2) is 5.65. The van der Waals surface area contributed by atoms with E-state index in [0.29, 0.717) is 11.4 Å². The van der Waals surface area contributed by atoms with Crippen LogP contribution >= 0.6 is 11.3 Å². The number of nitrogens with zero attached hydrogens (tertiary/aromatic N) is 2. The van der Waals surface area contributed by atoms with Crippen LogP contribution < -0.4 is 5.32 Å². The average molecular weight is 257 g/mol. The highest BCUT2D eigenvalue weighted by molar-refractivity contribution is 7.10. The maximum atomic E-state index is 9.10. The topological polar surface area (TPSA) is 48.7 Å². The Morgan fingerprint density at radius 1 is 1.44 bits per heavy atom. The highest BCUT2D eigenvalue weighted by Crippen LogP contribution is 2.26. The van der Waals surface area contributed by atoms with Crippen LogP contribution in [0.4, 0.5) is 5.82 Å². The van der Waals surface area contributed by atoms with Gasteiger partial charge in [-0.2, -0.15) is 5.26 Å². The van der Waals surface area contributed by atoms with E-state index in [4.69, 9.17) is 5.26 Å². The summed E-state index contributed by atoms with van der Waals surface area (Å²) in [5.41, 5.74) is 1.51. The summed E-state index contributed by atoms with van der Waals surface area (Å²) >= 11 is 1.72. The first kappa shape index (κ1) is 12.6. The standard InChI is InChI=1S/C14H15N3S/c1-3-12(13-5-4-8-18-13)17-14-11(9-15)7-6-10(2)16-14/h4-8,12H,3H2,1-2H3,(H,16,17). The third-order valence-electron chi connectivity index (χ3n) is 2.76. The quantitative estimate of drug-likeness (QED) is 0.904. The lowest BCUT2D eigenvalue weighted by Crippen LogP contribution is -2.11. The minimum atomic E-state index is 0.214.